The lowest BCUT2D eigenvalue weighted by Crippen LogP contribution is -2.58. The molecule has 1 aromatic carbocycles. The van der Waals surface area contributed by atoms with Crippen LogP contribution in [0.15, 0.2) is 55.4 Å². The van der Waals surface area contributed by atoms with E-state index in [1.54, 1.807) is 12.4 Å². The Morgan fingerprint density at radius 3 is 2.22 bits per heavy atom. The Balaban J connectivity index is 1.29. The molecule has 2 fully saturated rings. The third-order valence-electron chi connectivity index (χ3n) is 8.14. The maximum atomic E-state index is 13.9. The number of hydrogen-bond donors (Lipinski definition) is 6. The highest BCUT2D eigenvalue weighted by Crippen LogP contribution is 2.20. The predicted octanol–water partition coefficient (Wildman–Crippen LogP) is -0.532. The molecule has 5 rings (SSSR count). The summed E-state index contributed by atoms with van der Waals surface area (Å²) in [6, 6.07) is 5.04. The van der Waals surface area contributed by atoms with Gasteiger partial charge in [-0.2, -0.15) is 0 Å². The summed E-state index contributed by atoms with van der Waals surface area (Å²) in [7, 11) is 0. The third kappa shape index (κ3) is 8.41. The summed E-state index contributed by atoms with van der Waals surface area (Å²) in [4.78, 5) is 81.3. The van der Waals surface area contributed by atoms with Gasteiger partial charge >= 0.3 is 0 Å². The van der Waals surface area contributed by atoms with Crippen LogP contribution in [0.1, 0.15) is 42.6 Å². The first-order chi connectivity index (χ1) is 21.9. The lowest BCUT2D eigenvalue weighted by atomic mass is 10.0. The number of amides is 4. The van der Waals surface area contributed by atoms with Gasteiger partial charge in [0.2, 0.25) is 29.9 Å². The number of nitrogens with one attached hydrogen (secondary N) is 6. The van der Waals surface area contributed by atoms with Crippen molar-refractivity contribution < 1.29 is 24.0 Å². The van der Waals surface area contributed by atoms with Crippen LogP contribution in [0.3, 0.4) is 0 Å². The van der Waals surface area contributed by atoms with E-state index in [4.69, 9.17) is 0 Å². The average Bonchev–Trinajstić information content (AvgIpc) is 3.88. The summed E-state index contributed by atoms with van der Waals surface area (Å²) in [6.45, 7) is 1.06. The average molecular weight is 617 g/mol. The normalized spacial score (nSPS) is 19.8. The first kappa shape index (κ1) is 31.6. The maximum Gasteiger partial charge on any atom is 0.246 e. The second-order valence-corrected chi connectivity index (χ2v) is 11.4. The van der Waals surface area contributed by atoms with E-state index in [0.717, 1.165) is 18.5 Å². The van der Waals surface area contributed by atoms with E-state index in [1.165, 1.54) is 17.6 Å². The molecule has 5 atom stereocenters. The van der Waals surface area contributed by atoms with Crippen molar-refractivity contribution in [1.82, 2.24) is 46.1 Å². The highest BCUT2D eigenvalue weighted by molar-refractivity contribution is 5.95. The summed E-state index contributed by atoms with van der Waals surface area (Å²) >= 11 is 0. The quantitative estimate of drug-likeness (QED) is 0.139. The summed E-state index contributed by atoms with van der Waals surface area (Å²) in [6.07, 6.45) is 11.1. The summed E-state index contributed by atoms with van der Waals surface area (Å²) in [5, 5.41) is 11.5. The van der Waals surface area contributed by atoms with Crippen LogP contribution in [0.4, 0.5) is 0 Å². The zero-order valence-corrected chi connectivity index (χ0v) is 24.8. The van der Waals surface area contributed by atoms with E-state index >= 15 is 0 Å². The highest BCUT2D eigenvalue weighted by atomic mass is 16.2. The number of hydrogen-bond acceptors (Lipinski definition) is 8. The number of rotatable bonds is 14. The lowest BCUT2D eigenvalue weighted by Gasteiger charge is -2.30. The fraction of sp³-hybridized carbons (Fsp3) is 0.452. The molecule has 14 heteroatoms. The van der Waals surface area contributed by atoms with Crippen molar-refractivity contribution in [2.75, 3.05) is 13.1 Å². The van der Waals surface area contributed by atoms with Crippen molar-refractivity contribution in [3.8, 4) is 0 Å². The molecule has 4 amide bonds. The molecule has 0 aliphatic carbocycles. The van der Waals surface area contributed by atoms with E-state index in [9.17, 15) is 24.0 Å². The number of aromatic amines is 2. The maximum absolute atomic E-state index is 13.9. The molecule has 6 N–H and O–H groups in total. The Bertz CT molecular complexity index is 1420. The number of nitrogens with zero attached hydrogens (tertiary/aromatic N) is 3. The van der Waals surface area contributed by atoms with Gasteiger partial charge in [-0.25, -0.2) is 9.97 Å². The lowest BCUT2D eigenvalue weighted by molar-refractivity contribution is -0.142. The van der Waals surface area contributed by atoms with E-state index in [1.807, 2.05) is 36.6 Å². The third-order valence-corrected chi connectivity index (χ3v) is 8.14. The Hall–Kier alpha value is -4.85. The van der Waals surface area contributed by atoms with Gasteiger partial charge in [-0.15, -0.1) is 0 Å². The van der Waals surface area contributed by atoms with Crippen LogP contribution in [0.2, 0.25) is 0 Å². The molecule has 237 valence electrons. The van der Waals surface area contributed by atoms with Crippen molar-refractivity contribution in [3.63, 3.8) is 0 Å². The molecular formula is C31H38N9O5. The molecule has 0 saturated carbocycles. The van der Waals surface area contributed by atoms with Gasteiger partial charge in [0, 0.05) is 38.2 Å². The minimum Gasteiger partial charge on any atom is -0.351 e. The van der Waals surface area contributed by atoms with Crippen molar-refractivity contribution in [1.29, 1.82) is 0 Å². The van der Waals surface area contributed by atoms with Gasteiger partial charge in [0.05, 0.1) is 30.1 Å². The number of aromatic nitrogens is 4. The van der Waals surface area contributed by atoms with E-state index in [2.05, 4.69) is 41.2 Å². The van der Waals surface area contributed by atoms with Crippen LogP contribution >= 0.6 is 0 Å². The van der Waals surface area contributed by atoms with Gasteiger partial charge < -0.3 is 36.1 Å². The molecule has 0 unspecified atom stereocenters. The molecule has 2 saturated heterocycles. The van der Waals surface area contributed by atoms with Crippen molar-refractivity contribution >= 4 is 29.9 Å². The summed E-state index contributed by atoms with van der Waals surface area (Å²) in [5.74, 6) is -1.70. The predicted molar refractivity (Wildman–Crippen MR) is 162 cm³/mol. The zero-order valence-electron chi connectivity index (χ0n) is 24.8. The fourth-order valence-corrected chi connectivity index (χ4v) is 5.83. The second kappa shape index (κ2) is 15.2. The van der Waals surface area contributed by atoms with Crippen LogP contribution in [0.25, 0.3) is 0 Å². The first-order valence-corrected chi connectivity index (χ1v) is 15.2. The Labute approximate surface area is 260 Å². The molecule has 14 nitrogen and oxygen atoms in total. The molecule has 0 bridgehead atoms. The number of carbonyl (C=O) groups is 4. The molecule has 3 aromatic rings. The monoisotopic (exact) mass is 616 g/mol. The molecule has 4 heterocycles. The van der Waals surface area contributed by atoms with Gasteiger partial charge in [0.15, 0.2) is 0 Å². The first-order valence-electron chi connectivity index (χ1n) is 15.2. The molecule has 0 spiro atoms. The van der Waals surface area contributed by atoms with Crippen molar-refractivity contribution in [3.05, 3.63) is 72.3 Å². The van der Waals surface area contributed by atoms with Gasteiger partial charge in [0.25, 0.3) is 0 Å². The van der Waals surface area contributed by atoms with Crippen molar-refractivity contribution in [2.24, 2.45) is 0 Å². The molecule has 2 aromatic heterocycles. The van der Waals surface area contributed by atoms with Crippen molar-refractivity contribution in [2.45, 2.75) is 75.2 Å². The number of likely N-dealkylation sites (tertiary alicyclic amines) is 1. The van der Waals surface area contributed by atoms with Gasteiger partial charge in [-0.05, 0) is 37.8 Å². The number of benzene rings is 1. The molecular weight excluding hydrogens is 578 g/mol. The van der Waals surface area contributed by atoms with Gasteiger partial charge in [0.1, 0.15) is 24.2 Å². The van der Waals surface area contributed by atoms with Gasteiger partial charge in [-0.1, -0.05) is 30.3 Å². The minimum atomic E-state index is -1.03. The Morgan fingerprint density at radius 1 is 0.867 bits per heavy atom. The summed E-state index contributed by atoms with van der Waals surface area (Å²) < 4.78 is 0. The minimum absolute atomic E-state index is 0.134. The topological polar surface area (TPSA) is 194 Å². The molecule has 2 aliphatic heterocycles. The van der Waals surface area contributed by atoms with E-state index in [0.29, 0.717) is 37.2 Å². The standard InChI is InChI=1S/C31H38N9O5/c41-17-23(13-21-15-32-18-35-21)37-29(43)25(12-20-6-2-1-3-7-20)38-30(44)27-9-5-11-40(27)31(45)26(14-22-16-33-19-36-22)39-28(42)24-8-4-10-34-24/h1-3,6-7,15-16,18-19,23-27,34H,4-5,8-14H2,(H,32,35)(H,33,36)(H,37,43)(H,38,44)(H,39,42)/t23-,24-,25-,26-,27-/m0/s1. The number of H-pyrrole nitrogens is 2. The van der Waals surface area contributed by atoms with Crippen LogP contribution in [-0.4, -0.2) is 98.0 Å². The Kier molecular flexibility index (Phi) is 10.7. The SMILES string of the molecule is O=[C][C@H](Cc1c[nH]cn1)NC(=O)[C@H](Cc1ccccc1)NC(=O)[C@@H]1CCCN1C(=O)[C@H](Cc1c[nH]cn1)NC(=O)[C@@H]1CCCN1. The number of imidazole rings is 2. The Morgan fingerprint density at radius 2 is 1.58 bits per heavy atom. The van der Waals surface area contributed by atoms with Gasteiger partial charge in [-0.3, -0.25) is 24.0 Å². The van der Waals surface area contributed by atoms with Crippen LogP contribution in [-0.2, 0) is 43.2 Å². The zero-order chi connectivity index (χ0) is 31.6. The van der Waals surface area contributed by atoms with Crippen LogP contribution < -0.4 is 21.3 Å². The largest absolute Gasteiger partial charge is 0.351 e. The smallest absolute Gasteiger partial charge is 0.246 e. The fourth-order valence-electron chi connectivity index (χ4n) is 5.83. The highest BCUT2D eigenvalue weighted by Gasteiger charge is 2.40. The van der Waals surface area contributed by atoms with E-state index in [-0.39, 0.29) is 37.1 Å². The van der Waals surface area contributed by atoms with Crippen LogP contribution in [0, 0.1) is 0 Å². The summed E-state index contributed by atoms with van der Waals surface area (Å²) in [5.41, 5.74) is 1.98. The van der Waals surface area contributed by atoms with Crippen LogP contribution in [0.5, 0.6) is 0 Å². The molecule has 2 aliphatic rings. The second-order valence-electron chi connectivity index (χ2n) is 11.4. The molecule has 1 radical (unpaired) electrons. The molecule has 45 heavy (non-hydrogen) atoms. The number of carbonyl (C=O) groups excluding carboxylic acids is 5. The van der Waals surface area contributed by atoms with E-state index < -0.39 is 36.0 Å².